The normalized spacial score (nSPS) is 18.0. The van der Waals surface area contributed by atoms with E-state index in [4.69, 9.17) is 23.2 Å². The highest BCUT2D eigenvalue weighted by Gasteiger charge is 2.30. The average Bonchev–Trinajstić information content (AvgIpc) is 2.79. The van der Waals surface area contributed by atoms with Crippen LogP contribution in [0.1, 0.15) is 5.56 Å². The smallest absolute Gasteiger partial charge is 0.266 e. The second-order valence-electron chi connectivity index (χ2n) is 5.05. The molecule has 1 saturated heterocycles. The minimum absolute atomic E-state index is 0.0585. The Morgan fingerprint density at radius 1 is 1.17 bits per heavy atom. The lowest BCUT2D eigenvalue weighted by Gasteiger charge is -2.07. The zero-order chi connectivity index (χ0) is 17.3. The summed E-state index contributed by atoms with van der Waals surface area (Å²) in [5.74, 6) is -0.136. The standard InChI is InChI=1S/C17H12Cl2N2O2S/c1-21-16(23)15(8-10-7-12(19)5-6-14(10)22)24-17(21)20-13-4-2-3-11(18)9-13/h2-9,22H,1H3/b15-8+,20-17?. The third kappa shape index (κ3) is 3.59. The SMILES string of the molecule is CN1C(=O)/C(=C\c2cc(Cl)ccc2O)SC1=Nc1cccc(Cl)c1. The van der Waals surface area contributed by atoms with Gasteiger partial charge in [0.1, 0.15) is 5.75 Å². The molecule has 0 radical (unpaired) electrons. The third-order valence-corrected chi connectivity index (χ3v) is 4.84. The maximum atomic E-state index is 12.4. The van der Waals surface area contributed by atoms with Crippen LogP contribution in [0.15, 0.2) is 52.4 Å². The molecule has 1 heterocycles. The van der Waals surface area contributed by atoms with Crippen molar-refractivity contribution in [3.8, 4) is 5.75 Å². The highest BCUT2D eigenvalue weighted by atomic mass is 35.5. The summed E-state index contributed by atoms with van der Waals surface area (Å²) in [6.07, 6.45) is 1.60. The van der Waals surface area contributed by atoms with Gasteiger partial charge in [0.2, 0.25) is 0 Å². The third-order valence-electron chi connectivity index (χ3n) is 3.31. The molecule has 4 nitrogen and oxygen atoms in total. The predicted octanol–water partition coefficient (Wildman–Crippen LogP) is 4.93. The number of carbonyl (C=O) groups excluding carboxylic acids is 1. The number of nitrogens with zero attached hydrogens (tertiary/aromatic N) is 2. The van der Waals surface area contributed by atoms with Gasteiger partial charge in [0.15, 0.2) is 5.17 Å². The van der Waals surface area contributed by atoms with Crippen molar-refractivity contribution in [1.82, 2.24) is 4.90 Å². The minimum atomic E-state index is -0.194. The number of aromatic hydroxyl groups is 1. The number of thioether (sulfide) groups is 1. The van der Waals surface area contributed by atoms with Crippen LogP contribution in [0.3, 0.4) is 0 Å². The number of likely N-dealkylation sites (N-methyl/N-ethyl adjacent to an activating group) is 1. The first kappa shape index (κ1) is 16.9. The Kier molecular flexibility index (Phi) is 4.85. The number of rotatable bonds is 2. The monoisotopic (exact) mass is 378 g/mol. The molecule has 0 spiro atoms. The van der Waals surface area contributed by atoms with Crippen molar-refractivity contribution in [3.05, 3.63) is 63.0 Å². The fourth-order valence-corrected chi connectivity index (χ4v) is 3.43. The van der Waals surface area contributed by atoms with Gasteiger partial charge in [0, 0.05) is 22.7 Å². The Labute approximate surface area is 153 Å². The molecule has 3 rings (SSSR count). The van der Waals surface area contributed by atoms with Crippen LogP contribution in [0, 0.1) is 0 Å². The molecule has 0 atom stereocenters. The maximum absolute atomic E-state index is 12.4. The fraction of sp³-hybridized carbons (Fsp3) is 0.0588. The zero-order valence-electron chi connectivity index (χ0n) is 12.5. The molecule has 2 aromatic carbocycles. The van der Waals surface area contributed by atoms with Crippen LogP contribution in [-0.4, -0.2) is 28.1 Å². The highest BCUT2D eigenvalue weighted by Crippen LogP contribution is 2.35. The van der Waals surface area contributed by atoms with E-state index < -0.39 is 0 Å². The van der Waals surface area contributed by atoms with Gasteiger partial charge in [-0.25, -0.2) is 4.99 Å². The van der Waals surface area contributed by atoms with Gasteiger partial charge in [0.25, 0.3) is 5.91 Å². The molecule has 0 unspecified atom stereocenters. The molecular formula is C17H12Cl2N2O2S. The molecule has 0 bridgehead atoms. The molecule has 2 aromatic rings. The first-order chi connectivity index (χ1) is 11.4. The number of benzene rings is 2. The van der Waals surface area contributed by atoms with E-state index in [0.29, 0.717) is 31.4 Å². The molecule has 0 aromatic heterocycles. The molecule has 1 amide bonds. The van der Waals surface area contributed by atoms with Gasteiger partial charge in [-0.3, -0.25) is 9.69 Å². The Morgan fingerprint density at radius 3 is 2.67 bits per heavy atom. The van der Waals surface area contributed by atoms with Crippen LogP contribution in [0.5, 0.6) is 5.75 Å². The van der Waals surface area contributed by atoms with Crippen molar-refractivity contribution in [2.45, 2.75) is 0 Å². The number of aliphatic imine (C=N–C) groups is 1. The van der Waals surface area contributed by atoms with Crippen LogP contribution in [-0.2, 0) is 4.79 Å². The number of carbonyl (C=O) groups is 1. The van der Waals surface area contributed by atoms with E-state index in [2.05, 4.69) is 4.99 Å². The van der Waals surface area contributed by atoms with Crippen molar-refractivity contribution in [3.63, 3.8) is 0 Å². The second-order valence-corrected chi connectivity index (χ2v) is 6.93. The van der Waals surface area contributed by atoms with Crippen molar-refractivity contribution >= 4 is 57.8 Å². The van der Waals surface area contributed by atoms with Gasteiger partial charge in [-0.05, 0) is 54.2 Å². The Hall–Kier alpha value is -1.95. The van der Waals surface area contributed by atoms with Crippen molar-refractivity contribution in [1.29, 1.82) is 0 Å². The molecular weight excluding hydrogens is 367 g/mol. The summed E-state index contributed by atoms with van der Waals surface area (Å²) in [4.78, 5) is 18.8. The molecule has 1 aliphatic heterocycles. The molecule has 1 N–H and O–H groups in total. The first-order valence-electron chi connectivity index (χ1n) is 6.94. The summed E-state index contributed by atoms with van der Waals surface area (Å²) in [7, 11) is 1.65. The van der Waals surface area contributed by atoms with E-state index in [-0.39, 0.29) is 11.7 Å². The fourth-order valence-electron chi connectivity index (χ4n) is 2.09. The van der Waals surface area contributed by atoms with Crippen LogP contribution in [0.25, 0.3) is 6.08 Å². The second kappa shape index (κ2) is 6.89. The number of amidine groups is 1. The Morgan fingerprint density at radius 2 is 1.92 bits per heavy atom. The number of hydrogen-bond acceptors (Lipinski definition) is 4. The maximum Gasteiger partial charge on any atom is 0.266 e. The molecule has 1 aliphatic rings. The van der Waals surface area contributed by atoms with Crippen LogP contribution in [0.2, 0.25) is 10.0 Å². The topological polar surface area (TPSA) is 52.9 Å². The van der Waals surface area contributed by atoms with Crippen LogP contribution < -0.4 is 0 Å². The molecule has 1 fully saturated rings. The predicted molar refractivity (Wildman–Crippen MR) is 100 cm³/mol. The lowest BCUT2D eigenvalue weighted by Crippen LogP contribution is -2.23. The van der Waals surface area contributed by atoms with E-state index in [1.54, 1.807) is 43.5 Å². The van der Waals surface area contributed by atoms with Crippen molar-refractivity contribution in [2.75, 3.05) is 7.05 Å². The van der Waals surface area contributed by atoms with Gasteiger partial charge >= 0.3 is 0 Å². The summed E-state index contributed by atoms with van der Waals surface area (Å²) in [6.45, 7) is 0. The number of hydrogen-bond donors (Lipinski definition) is 1. The Bertz CT molecular complexity index is 881. The number of phenolic OH excluding ortho intramolecular Hbond substituents is 1. The average molecular weight is 379 g/mol. The quantitative estimate of drug-likeness (QED) is 0.753. The van der Waals surface area contributed by atoms with E-state index in [9.17, 15) is 9.90 Å². The van der Waals surface area contributed by atoms with Gasteiger partial charge in [-0.15, -0.1) is 0 Å². The van der Waals surface area contributed by atoms with Gasteiger partial charge in [-0.2, -0.15) is 0 Å². The minimum Gasteiger partial charge on any atom is -0.507 e. The summed E-state index contributed by atoms with van der Waals surface area (Å²) in [5, 5.41) is 11.5. The van der Waals surface area contributed by atoms with E-state index in [0.717, 1.165) is 0 Å². The largest absolute Gasteiger partial charge is 0.507 e. The van der Waals surface area contributed by atoms with Crippen LogP contribution in [0.4, 0.5) is 5.69 Å². The van der Waals surface area contributed by atoms with E-state index >= 15 is 0 Å². The summed E-state index contributed by atoms with van der Waals surface area (Å²) >= 11 is 13.1. The van der Waals surface area contributed by atoms with Crippen molar-refractivity contribution < 1.29 is 9.90 Å². The lowest BCUT2D eigenvalue weighted by molar-refractivity contribution is -0.121. The number of phenols is 1. The van der Waals surface area contributed by atoms with Gasteiger partial charge in [0.05, 0.1) is 10.6 Å². The zero-order valence-corrected chi connectivity index (χ0v) is 14.9. The molecule has 0 saturated carbocycles. The van der Waals surface area contributed by atoms with Gasteiger partial charge in [-0.1, -0.05) is 29.3 Å². The number of amides is 1. The Balaban J connectivity index is 1.94. The summed E-state index contributed by atoms with van der Waals surface area (Å²) < 4.78 is 0. The summed E-state index contributed by atoms with van der Waals surface area (Å²) in [6, 6.07) is 11.8. The molecule has 24 heavy (non-hydrogen) atoms. The van der Waals surface area contributed by atoms with Crippen molar-refractivity contribution in [2.24, 2.45) is 4.99 Å². The lowest BCUT2D eigenvalue weighted by atomic mass is 10.2. The molecule has 122 valence electrons. The van der Waals surface area contributed by atoms with Crippen LogP contribution >= 0.6 is 35.0 Å². The number of halogens is 2. The van der Waals surface area contributed by atoms with E-state index in [1.165, 1.54) is 22.7 Å². The first-order valence-corrected chi connectivity index (χ1v) is 8.51. The van der Waals surface area contributed by atoms with E-state index in [1.807, 2.05) is 6.07 Å². The van der Waals surface area contributed by atoms with Gasteiger partial charge < -0.3 is 5.11 Å². The molecule has 7 heteroatoms. The highest BCUT2D eigenvalue weighted by molar-refractivity contribution is 8.18. The summed E-state index contributed by atoms with van der Waals surface area (Å²) in [5.41, 5.74) is 1.15. The molecule has 0 aliphatic carbocycles.